The van der Waals surface area contributed by atoms with Gasteiger partial charge in [0, 0.05) is 46.5 Å². The van der Waals surface area contributed by atoms with Crippen molar-refractivity contribution in [3.05, 3.63) is 64.9 Å². The number of unbranched alkanes of at least 4 members (excludes halogenated alkanes) is 1. The van der Waals surface area contributed by atoms with Crippen molar-refractivity contribution in [2.45, 2.75) is 63.6 Å². The van der Waals surface area contributed by atoms with E-state index in [9.17, 15) is 13.9 Å². The van der Waals surface area contributed by atoms with Gasteiger partial charge in [-0.15, -0.1) is 0 Å². The SMILES string of the molecule is CCCCN1CC(Nc2cc(F)c(C3c4[nH]c5ccccc5c4CC(C)(C)N3CC(F)(F)CO)c(F)c2)C1. The Morgan fingerprint density at radius 2 is 1.82 bits per heavy atom. The summed E-state index contributed by atoms with van der Waals surface area (Å²) in [6, 6.07) is 9.04. The molecule has 2 aliphatic heterocycles. The molecule has 206 valence electrons. The molecule has 0 radical (unpaired) electrons. The summed E-state index contributed by atoms with van der Waals surface area (Å²) < 4.78 is 60.9. The molecule has 3 heterocycles. The van der Waals surface area contributed by atoms with Crippen LogP contribution in [0.5, 0.6) is 0 Å². The maximum Gasteiger partial charge on any atom is 0.283 e. The number of aromatic amines is 1. The van der Waals surface area contributed by atoms with E-state index in [2.05, 4.69) is 22.1 Å². The van der Waals surface area contributed by atoms with Crippen molar-refractivity contribution < 1.29 is 22.7 Å². The Labute approximate surface area is 220 Å². The third-order valence-electron chi connectivity index (χ3n) is 7.96. The van der Waals surface area contributed by atoms with Crippen LogP contribution in [0.2, 0.25) is 0 Å². The van der Waals surface area contributed by atoms with E-state index in [1.807, 2.05) is 24.3 Å². The summed E-state index contributed by atoms with van der Waals surface area (Å²) >= 11 is 0. The van der Waals surface area contributed by atoms with Crippen molar-refractivity contribution in [1.82, 2.24) is 14.8 Å². The lowest BCUT2D eigenvalue weighted by Crippen LogP contribution is -2.56. The molecule has 0 bridgehead atoms. The van der Waals surface area contributed by atoms with Crippen LogP contribution in [0.3, 0.4) is 0 Å². The molecular formula is C29H36F4N4O. The maximum absolute atomic E-state index is 15.8. The molecule has 2 aliphatic rings. The molecular weight excluding hydrogens is 496 g/mol. The zero-order valence-electron chi connectivity index (χ0n) is 22.1. The summed E-state index contributed by atoms with van der Waals surface area (Å²) in [6.45, 7) is 6.17. The third-order valence-corrected chi connectivity index (χ3v) is 7.96. The Morgan fingerprint density at radius 3 is 2.47 bits per heavy atom. The second-order valence-corrected chi connectivity index (χ2v) is 11.4. The first-order valence-corrected chi connectivity index (χ1v) is 13.4. The number of benzene rings is 2. The van der Waals surface area contributed by atoms with Gasteiger partial charge in [0.1, 0.15) is 18.2 Å². The second kappa shape index (κ2) is 10.2. The minimum absolute atomic E-state index is 0.102. The van der Waals surface area contributed by atoms with E-state index in [0.29, 0.717) is 17.8 Å². The molecule has 9 heteroatoms. The minimum atomic E-state index is -3.44. The Morgan fingerprint density at radius 1 is 1.13 bits per heavy atom. The molecule has 5 nitrogen and oxygen atoms in total. The van der Waals surface area contributed by atoms with Crippen LogP contribution < -0.4 is 5.32 Å². The van der Waals surface area contributed by atoms with Gasteiger partial charge in [-0.2, -0.15) is 0 Å². The minimum Gasteiger partial charge on any atom is -0.390 e. The number of hydrogen-bond donors (Lipinski definition) is 3. The molecule has 1 atom stereocenters. The van der Waals surface area contributed by atoms with Crippen LogP contribution in [-0.2, 0) is 6.42 Å². The number of rotatable bonds is 9. The van der Waals surface area contributed by atoms with E-state index in [4.69, 9.17) is 0 Å². The predicted molar refractivity (Wildman–Crippen MR) is 142 cm³/mol. The van der Waals surface area contributed by atoms with Crippen molar-refractivity contribution in [2.75, 3.05) is 38.1 Å². The number of halogens is 4. The van der Waals surface area contributed by atoms with Gasteiger partial charge >= 0.3 is 0 Å². The van der Waals surface area contributed by atoms with E-state index >= 15 is 8.78 Å². The van der Waals surface area contributed by atoms with Crippen LogP contribution in [0, 0.1) is 11.6 Å². The zero-order valence-corrected chi connectivity index (χ0v) is 22.1. The van der Waals surface area contributed by atoms with E-state index in [1.165, 1.54) is 17.0 Å². The molecule has 3 aromatic rings. The Bertz CT molecular complexity index is 1280. The first-order chi connectivity index (χ1) is 18.0. The normalized spacial score (nSPS) is 20.5. The van der Waals surface area contributed by atoms with Crippen LogP contribution in [0.4, 0.5) is 23.2 Å². The molecule has 1 unspecified atom stereocenters. The number of aromatic nitrogens is 1. The van der Waals surface area contributed by atoms with Gasteiger partial charge in [0.15, 0.2) is 0 Å². The predicted octanol–water partition coefficient (Wildman–Crippen LogP) is 5.70. The van der Waals surface area contributed by atoms with Gasteiger partial charge in [0.25, 0.3) is 5.92 Å². The topological polar surface area (TPSA) is 54.5 Å². The molecule has 5 rings (SSSR count). The van der Waals surface area contributed by atoms with Crippen LogP contribution in [0.1, 0.15) is 56.5 Å². The number of nitrogens with one attached hydrogen (secondary N) is 2. The molecule has 0 saturated carbocycles. The Kier molecular flexibility index (Phi) is 7.22. The van der Waals surface area contributed by atoms with Gasteiger partial charge < -0.3 is 15.4 Å². The average Bonchev–Trinajstić information content (AvgIpc) is 3.19. The smallest absolute Gasteiger partial charge is 0.283 e. The molecule has 38 heavy (non-hydrogen) atoms. The third kappa shape index (κ3) is 5.03. The van der Waals surface area contributed by atoms with Crippen molar-refractivity contribution in [3.63, 3.8) is 0 Å². The molecule has 0 amide bonds. The maximum atomic E-state index is 15.8. The highest BCUT2D eigenvalue weighted by molar-refractivity contribution is 5.85. The van der Waals surface area contributed by atoms with E-state index in [1.54, 1.807) is 13.8 Å². The van der Waals surface area contributed by atoms with Crippen molar-refractivity contribution in [2.24, 2.45) is 0 Å². The largest absolute Gasteiger partial charge is 0.390 e. The molecule has 1 fully saturated rings. The molecule has 1 aromatic heterocycles. The highest BCUT2D eigenvalue weighted by Gasteiger charge is 2.48. The molecule has 1 saturated heterocycles. The highest BCUT2D eigenvalue weighted by Crippen LogP contribution is 2.47. The number of likely N-dealkylation sites (tertiary alicyclic amines) is 1. The van der Waals surface area contributed by atoms with E-state index < -0.39 is 42.3 Å². The van der Waals surface area contributed by atoms with E-state index in [-0.39, 0.29) is 11.6 Å². The summed E-state index contributed by atoms with van der Waals surface area (Å²) in [7, 11) is 0. The zero-order chi connectivity index (χ0) is 27.2. The van der Waals surface area contributed by atoms with Gasteiger partial charge in [-0.05, 0) is 57.0 Å². The first kappa shape index (κ1) is 27.0. The number of nitrogens with zero attached hydrogens (tertiary/aromatic N) is 2. The quantitative estimate of drug-likeness (QED) is 0.310. The van der Waals surface area contributed by atoms with Crippen LogP contribution >= 0.6 is 0 Å². The van der Waals surface area contributed by atoms with Crippen LogP contribution in [0.25, 0.3) is 10.9 Å². The summed E-state index contributed by atoms with van der Waals surface area (Å²) in [4.78, 5) is 6.99. The fourth-order valence-electron chi connectivity index (χ4n) is 5.98. The van der Waals surface area contributed by atoms with Crippen molar-refractivity contribution >= 4 is 16.6 Å². The Balaban J connectivity index is 1.53. The summed E-state index contributed by atoms with van der Waals surface area (Å²) in [5.41, 5.74) is 1.34. The lowest BCUT2D eigenvalue weighted by Gasteiger charge is -2.48. The summed E-state index contributed by atoms with van der Waals surface area (Å²) in [5, 5.41) is 13.5. The number of alkyl halides is 2. The standard InChI is InChI=1S/C29H36F4N4O/c1-4-5-10-36-14-19(15-36)34-18-11-22(30)25(23(31)12-18)27-26-21(20-8-6-7-9-24(20)35-26)13-28(2,3)37(27)16-29(32,33)17-38/h6-9,11-12,19,27,34-35,38H,4-5,10,13-17H2,1-3H3. The highest BCUT2D eigenvalue weighted by atomic mass is 19.3. The van der Waals surface area contributed by atoms with E-state index in [0.717, 1.165) is 48.9 Å². The van der Waals surface area contributed by atoms with Gasteiger partial charge in [-0.25, -0.2) is 17.6 Å². The number of aliphatic hydroxyl groups is 1. The number of aliphatic hydroxyl groups excluding tert-OH is 1. The molecule has 0 spiro atoms. The monoisotopic (exact) mass is 532 g/mol. The fourth-order valence-corrected chi connectivity index (χ4v) is 5.98. The van der Waals surface area contributed by atoms with Crippen LogP contribution in [-0.4, -0.2) is 70.2 Å². The number of hydrogen-bond acceptors (Lipinski definition) is 4. The number of anilines is 1. The summed E-state index contributed by atoms with van der Waals surface area (Å²) in [6.07, 6.45) is 2.64. The number of fused-ring (bicyclic) bond motifs is 3. The average molecular weight is 533 g/mol. The lowest BCUT2D eigenvalue weighted by atomic mass is 9.81. The number of para-hydroxylation sites is 1. The molecule has 0 aliphatic carbocycles. The van der Waals surface area contributed by atoms with Gasteiger partial charge in [-0.1, -0.05) is 31.5 Å². The van der Waals surface area contributed by atoms with Crippen molar-refractivity contribution in [3.8, 4) is 0 Å². The van der Waals surface area contributed by atoms with Gasteiger partial charge in [-0.3, -0.25) is 9.80 Å². The fraction of sp³-hybridized carbons (Fsp3) is 0.517. The number of H-pyrrole nitrogens is 1. The van der Waals surface area contributed by atoms with Gasteiger partial charge in [0.05, 0.1) is 18.6 Å². The van der Waals surface area contributed by atoms with Crippen LogP contribution in [0.15, 0.2) is 36.4 Å². The van der Waals surface area contributed by atoms with Crippen molar-refractivity contribution in [1.29, 1.82) is 0 Å². The molecule has 3 N–H and O–H groups in total. The lowest BCUT2D eigenvalue weighted by molar-refractivity contribution is -0.100. The summed E-state index contributed by atoms with van der Waals surface area (Å²) in [5.74, 6) is -5.03. The Hall–Kier alpha value is -2.62. The van der Waals surface area contributed by atoms with Gasteiger partial charge in [0.2, 0.25) is 0 Å². The molecule has 2 aromatic carbocycles. The second-order valence-electron chi connectivity index (χ2n) is 11.4. The first-order valence-electron chi connectivity index (χ1n) is 13.4.